The number of hydrogen-bond donors (Lipinski definition) is 1. The Labute approximate surface area is 155 Å². The largest absolute Gasteiger partial charge is 0.375 e. The molecule has 1 aliphatic heterocycles. The average molecular weight is 356 g/mol. The maximum atomic E-state index is 12.6. The Balaban J connectivity index is 1.62. The smallest absolute Gasteiger partial charge is 0.251 e. The molecule has 1 aromatic heterocycles. The number of likely N-dealkylation sites (N-methyl/N-ethyl adjacent to an activating group) is 1. The average Bonchev–Trinajstić information content (AvgIpc) is 3.10. The van der Waals surface area contributed by atoms with E-state index in [-0.39, 0.29) is 18.1 Å². The Kier molecular flexibility index (Phi) is 5.74. The molecule has 1 fully saturated rings. The third-order valence-electron chi connectivity index (χ3n) is 4.80. The summed E-state index contributed by atoms with van der Waals surface area (Å²) in [5.74, 6) is -0.0485. The molecule has 2 aromatic rings. The first kappa shape index (κ1) is 18.6. The van der Waals surface area contributed by atoms with Gasteiger partial charge in [0.25, 0.3) is 5.91 Å². The summed E-state index contributed by atoms with van der Waals surface area (Å²) in [5.41, 5.74) is 3.95. The third-order valence-corrected chi connectivity index (χ3v) is 4.80. The van der Waals surface area contributed by atoms with Gasteiger partial charge in [-0.05, 0) is 51.6 Å². The maximum Gasteiger partial charge on any atom is 0.251 e. The summed E-state index contributed by atoms with van der Waals surface area (Å²) in [6.45, 7) is 9.06. The van der Waals surface area contributed by atoms with Crippen LogP contribution in [0, 0.1) is 13.8 Å². The second kappa shape index (κ2) is 8.01. The fourth-order valence-electron chi connectivity index (χ4n) is 3.51. The fourth-order valence-corrected chi connectivity index (χ4v) is 3.51. The van der Waals surface area contributed by atoms with Crippen LogP contribution in [0.1, 0.15) is 34.2 Å². The Hall–Kier alpha value is -2.18. The van der Waals surface area contributed by atoms with Crippen molar-refractivity contribution in [3.05, 3.63) is 52.8 Å². The molecule has 140 valence electrons. The van der Waals surface area contributed by atoms with Crippen LogP contribution in [-0.2, 0) is 11.3 Å². The van der Waals surface area contributed by atoms with Crippen LogP contribution in [0.25, 0.3) is 0 Å². The van der Waals surface area contributed by atoms with Crippen LogP contribution in [0.4, 0.5) is 0 Å². The van der Waals surface area contributed by atoms with E-state index in [4.69, 9.17) is 4.74 Å². The zero-order chi connectivity index (χ0) is 18.7. The summed E-state index contributed by atoms with van der Waals surface area (Å²) in [5, 5.41) is 7.60. The monoisotopic (exact) mass is 356 g/mol. The van der Waals surface area contributed by atoms with Gasteiger partial charge < -0.3 is 15.0 Å². The standard InChI is InChI=1S/C20H28N4O2/c1-5-26-19-13-23(4)12-18(19)21-20(25)17-8-6-16(7-9-17)11-24-15(3)10-14(2)22-24/h6-10,18-19H,5,11-13H2,1-4H3,(H,21,25). The Bertz CT molecular complexity index is 754. The number of ether oxygens (including phenoxy) is 1. The van der Waals surface area contributed by atoms with Crippen molar-refractivity contribution in [1.29, 1.82) is 0 Å². The van der Waals surface area contributed by atoms with Crippen molar-refractivity contribution >= 4 is 5.91 Å². The number of aromatic nitrogens is 2. The van der Waals surface area contributed by atoms with Crippen molar-refractivity contribution in [2.45, 2.75) is 39.5 Å². The van der Waals surface area contributed by atoms with Gasteiger partial charge in [-0.15, -0.1) is 0 Å². The van der Waals surface area contributed by atoms with E-state index in [1.54, 1.807) is 0 Å². The molecule has 0 saturated carbocycles. The third kappa shape index (κ3) is 4.31. The Morgan fingerprint density at radius 3 is 2.62 bits per heavy atom. The zero-order valence-electron chi connectivity index (χ0n) is 16.0. The predicted octanol–water partition coefficient (Wildman–Crippen LogP) is 2.00. The van der Waals surface area contributed by atoms with Gasteiger partial charge in [0.15, 0.2) is 0 Å². The minimum absolute atomic E-state index is 0.0295. The van der Waals surface area contributed by atoms with Crippen molar-refractivity contribution in [3.63, 3.8) is 0 Å². The summed E-state index contributed by atoms with van der Waals surface area (Å²) in [7, 11) is 2.05. The molecule has 0 radical (unpaired) electrons. The number of rotatable bonds is 6. The first-order valence-electron chi connectivity index (χ1n) is 9.17. The molecule has 1 amide bonds. The summed E-state index contributed by atoms with van der Waals surface area (Å²) in [6.07, 6.45) is 0.0549. The normalized spacial score (nSPS) is 20.5. The highest BCUT2D eigenvalue weighted by Gasteiger charge is 2.32. The minimum Gasteiger partial charge on any atom is -0.375 e. The summed E-state index contributed by atoms with van der Waals surface area (Å²) in [4.78, 5) is 14.8. The number of likely N-dealkylation sites (tertiary alicyclic amines) is 1. The fraction of sp³-hybridized carbons (Fsp3) is 0.500. The van der Waals surface area contributed by atoms with Crippen LogP contribution in [0.15, 0.2) is 30.3 Å². The number of aryl methyl sites for hydroxylation is 2. The Morgan fingerprint density at radius 2 is 2.00 bits per heavy atom. The molecule has 2 unspecified atom stereocenters. The van der Waals surface area contributed by atoms with E-state index in [1.165, 1.54) is 0 Å². The lowest BCUT2D eigenvalue weighted by atomic mass is 10.1. The number of hydrogen-bond acceptors (Lipinski definition) is 4. The van der Waals surface area contributed by atoms with Crippen LogP contribution < -0.4 is 5.32 Å². The number of amides is 1. The van der Waals surface area contributed by atoms with E-state index in [0.29, 0.717) is 18.7 Å². The van der Waals surface area contributed by atoms with Gasteiger partial charge in [0, 0.05) is 31.0 Å². The van der Waals surface area contributed by atoms with E-state index in [2.05, 4.69) is 28.3 Å². The van der Waals surface area contributed by atoms with E-state index in [1.807, 2.05) is 49.8 Å². The van der Waals surface area contributed by atoms with Gasteiger partial charge in [0.1, 0.15) is 0 Å². The molecule has 0 bridgehead atoms. The molecule has 1 aliphatic rings. The highest BCUT2D eigenvalue weighted by molar-refractivity contribution is 5.94. The predicted molar refractivity (Wildman–Crippen MR) is 101 cm³/mol. The molecule has 2 atom stereocenters. The summed E-state index contributed by atoms with van der Waals surface area (Å²) >= 11 is 0. The molecule has 0 aliphatic carbocycles. The van der Waals surface area contributed by atoms with Gasteiger partial charge >= 0.3 is 0 Å². The first-order chi connectivity index (χ1) is 12.5. The van der Waals surface area contributed by atoms with Crippen LogP contribution in [0.5, 0.6) is 0 Å². The van der Waals surface area contributed by atoms with E-state index in [9.17, 15) is 4.79 Å². The molecule has 1 aromatic carbocycles. The van der Waals surface area contributed by atoms with E-state index in [0.717, 1.165) is 30.0 Å². The van der Waals surface area contributed by atoms with Gasteiger partial charge in [-0.1, -0.05) is 12.1 Å². The van der Waals surface area contributed by atoms with Gasteiger partial charge in [0.05, 0.1) is 24.4 Å². The van der Waals surface area contributed by atoms with Gasteiger partial charge in [0.2, 0.25) is 0 Å². The number of nitrogens with one attached hydrogen (secondary N) is 1. The SMILES string of the molecule is CCOC1CN(C)CC1NC(=O)c1ccc(Cn2nc(C)cc2C)cc1. The van der Waals surface area contributed by atoms with Crippen molar-refractivity contribution in [2.24, 2.45) is 0 Å². The summed E-state index contributed by atoms with van der Waals surface area (Å²) in [6, 6.07) is 9.84. The second-order valence-electron chi connectivity index (χ2n) is 7.08. The second-order valence-corrected chi connectivity index (χ2v) is 7.08. The van der Waals surface area contributed by atoms with Crippen molar-refractivity contribution in [2.75, 3.05) is 26.7 Å². The van der Waals surface area contributed by atoms with Crippen LogP contribution in [-0.4, -0.2) is 59.5 Å². The van der Waals surface area contributed by atoms with Crippen LogP contribution in [0.3, 0.4) is 0 Å². The first-order valence-corrected chi connectivity index (χ1v) is 9.17. The molecule has 6 heteroatoms. The lowest BCUT2D eigenvalue weighted by molar-refractivity contribution is 0.0513. The van der Waals surface area contributed by atoms with Crippen molar-refractivity contribution in [1.82, 2.24) is 20.0 Å². The van der Waals surface area contributed by atoms with Crippen molar-refractivity contribution < 1.29 is 9.53 Å². The quantitative estimate of drug-likeness (QED) is 0.860. The molecule has 6 nitrogen and oxygen atoms in total. The lowest BCUT2D eigenvalue weighted by Gasteiger charge is -2.19. The summed E-state index contributed by atoms with van der Waals surface area (Å²) < 4.78 is 7.73. The number of benzene rings is 1. The van der Waals surface area contributed by atoms with E-state index >= 15 is 0 Å². The number of carbonyl (C=O) groups excluding carboxylic acids is 1. The van der Waals surface area contributed by atoms with Crippen molar-refractivity contribution in [3.8, 4) is 0 Å². The lowest BCUT2D eigenvalue weighted by Crippen LogP contribution is -2.43. The zero-order valence-corrected chi connectivity index (χ0v) is 16.0. The van der Waals surface area contributed by atoms with Crippen LogP contribution in [0.2, 0.25) is 0 Å². The van der Waals surface area contributed by atoms with Gasteiger partial charge in [-0.2, -0.15) is 5.10 Å². The van der Waals surface area contributed by atoms with E-state index < -0.39 is 0 Å². The number of nitrogens with zero attached hydrogens (tertiary/aromatic N) is 3. The highest BCUT2D eigenvalue weighted by Crippen LogP contribution is 2.14. The number of carbonyl (C=O) groups is 1. The molecule has 26 heavy (non-hydrogen) atoms. The molecule has 1 saturated heterocycles. The van der Waals surface area contributed by atoms with Crippen LogP contribution >= 0.6 is 0 Å². The molecule has 3 rings (SSSR count). The maximum absolute atomic E-state index is 12.6. The highest BCUT2D eigenvalue weighted by atomic mass is 16.5. The van der Waals surface area contributed by atoms with Gasteiger partial charge in [-0.3, -0.25) is 9.48 Å². The molecule has 2 heterocycles. The topological polar surface area (TPSA) is 59.4 Å². The molecular weight excluding hydrogens is 328 g/mol. The molecular formula is C20H28N4O2. The molecule has 0 spiro atoms. The molecule has 1 N–H and O–H groups in total. The van der Waals surface area contributed by atoms with Gasteiger partial charge in [-0.25, -0.2) is 0 Å². The Morgan fingerprint density at radius 1 is 1.27 bits per heavy atom. The minimum atomic E-state index is -0.0485.